The highest BCUT2D eigenvalue weighted by Crippen LogP contribution is 2.26. The Morgan fingerprint density at radius 3 is 2.95 bits per heavy atom. The molecule has 1 atom stereocenters. The van der Waals surface area contributed by atoms with Crippen LogP contribution in [0.3, 0.4) is 0 Å². The minimum Gasteiger partial charge on any atom is -0.380 e. The average molecular weight is 257 g/mol. The lowest BCUT2D eigenvalue weighted by atomic mass is 10.1. The van der Waals surface area contributed by atoms with Gasteiger partial charge in [-0.1, -0.05) is 12.1 Å². The van der Waals surface area contributed by atoms with Crippen LogP contribution in [0.1, 0.15) is 18.7 Å². The molecule has 1 fully saturated rings. The number of nitrogens with zero attached hydrogens (tertiary/aromatic N) is 2. The lowest BCUT2D eigenvalue weighted by Gasteiger charge is -2.25. The summed E-state index contributed by atoms with van der Waals surface area (Å²) in [7, 11) is 0. The molecule has 2 heterocycles. The fourth-order valence-corrected chi connectivity index (χ4v) is 2.46. The molecule has 1 aromatic heterocycles. The first-order valence-corrected chi connectivity index (χ1v) is 6.78. The summed E-state index contributed by atoms with van der Waals surface area (Å²) < 4.78 is 0. The molecule has 3 rings (SSSR count). The van der Waals surface area contributed by atoms with E-state index in [1.807, 2.05) is 19.1 Å². The van der Waals surface area contributed by atoms with E-state index < -0.39 is 0 Å². The summed E-state index contributed by atoms with van der Waals surface area (Å²) in [6.07, 6.45) is 2.42. The summed E-state index contributed by atoms with van der Waals surface area (Å²) in [5.74, 6) is 1.59. The lowest BCUT2D eigenvalue weighted by Crippen LogP contribution is -2.38. The highest BCUT2D eigenvalue weighted by molar-refractivity contribution is 5.73. The van der Waals surface area contributed by atoms with Gasteiger partial charge in [0.05, 0.1) is 0 Å². The molecule has 19 heavy (non-hydrogen) atoms. The fraction of sp³-hybridized carbons (Fsp3) is 0.429. The molecule has 1 unspecified atom stereocenters. The molecule has 0 bridgehead atoms. The van der Waals surface area contributed by atoms with Gasteiger partial charge >= 0.3 is 0 Å². The van der Waals surface area contributed by atoms with Crippen molar-refractivity contribution in [2.75, 3.05) is 18.4 Å². The maximum absolute atomic E-state index is 4.41. The number of anilines is 1. The van der Waals surface area contributed by atoms with E-state index >= 15 is 0 Å². The van der Waals surface area contributed by atoms with Crippen LogP contribution in [0.25, 0.3) is 11.4 Å². The summed E-state index contributed by atoms with van der Waals surface area (Å²) in [5, 5.41) is 14.2. The van der Waals surface area contributed by atoms with E-state index in [1.54, 1.807) is 0 Å². The largest absolute Gasteiger partial charge is 0.380 e. The van der Waals surface area contributed by atoms with Crippen molar-refractivity contribution in [3.8, 4) is 11.4 Å². The van der Waals surface area contributed by atoms with Crippen molar-refractivity contribution in [2.45, 2.75) is 25.8 Å². The van der Waals surface area contributed by atoms with E-state index in [1.165, 1.54) is 12.8 Å². The van der Waals surface area contributed by atoms with Crippen LogP contribution in [0.15, 0.2) is 24.3 Å². The van der Waals surface area contributed by atoms with Crippen molar-refractivity contribution in [3.05, 3.63) is 30.1 Å². The zero-order chi connectivity index (χ0) is 13.1. The summed E-state index contributed by atoms with van der Waals surface area (Å²) in [6, 6.07) is 8.69. The van der Waals surface area contributed by atoms with Crippen LogP contribution < -0.4 is 10.6 Å². The smallest absolute Gasteiger partial charge is 0.183 e. The summed E-state index contributed by atoms with van der Waals surface area (Å²) >= 11 is 0. The monoisotopic (exact) mass is 257 g/mol. The van der Waals surface area contributed by atoms with Crippen molar-refractivity contribution in [1.29, 1.82) is 0 Å². The molecule has 0 amide bonds. The zero-order valence-electron chi connectivity index (χ0n) is 11.1. The Kier molecular flexibility index (Phi) is 3.46. The minimum absolute atomic E-state index is 0.481. The summed E-state index contributed by atoms with van der Waals surface area (Å²) in [6.45, 7) is 4.05. The van der Waals surface area contributed by atoms with Gasteiger partial charge in [-0.3, -0.25) is 5.10 Å². The van der Waals surface area contributed by atoms with Gasteiger partial charge in [0.1, 0.15) is 5.82 Å². The number of para-hydroxylation sites is 1. The molecule has 5 heteroatoms. The second-order valence-corrected chi connectivity index (χ2v) is 4.98. The summed E-state index contributed by atoms with van der Waals surface area (Å²) in [4.78, 5) is 4.41. The van der Waals surface area contributed by atoms with E-state index in [0.29, 0.717) is 6.04 Å². The Bertz CT molecular complexity index is 542. The quantitative estimate of drug-likeness (QED) is 0.786. The molecular weight excluding hydrogens is 238 g/mol. The van der Waals surface area contributed by atoms with E-state index in [0.717, 1.165) is 36.0 Å². The van der Waals surface area contributed by atoms with Gasteiger partial charge in [-0.05, 0) is 38.4 Å². The number of benzene rings is 1. The Balaban J connectivity index is 1.84. The number of hydrogen-bond donors (Lipinski definition) is 3. The number of hydrogen-bond acceptors (Lipinski definition) is 4. The Morgan fingerprint density at radius 2 is 2.21 bits per heavy atom. The number of aromatic amines is 1. The van der Waals surface area contributed by atoms with E-state index in [9.17, 15) is 0 Å². The van der Waals surface area contributed by atoms with Gasteiger partial charge in [0.25, 0.3) is 0 Å². The Hall–Kier alpha value is -1.88. The molecule has 1 saturated heterocycles. The number of aryl methyl sites for hydroxylation is 1. The summed E-state index contributed by atoms with van der Waals surface area (Å²) in [5.41, 5.74) is 2.16. The number of rotatable bonds is 3. The predicted octanol–water partition coefficient (Wildman–Crippen LogP) is 1.94. The first-order valence-electron chi connectivity index (χ1n) is 6.78. The molecule has 1 aliphatic heterocycles. The normalized spacial score (nSPS) is 19.3. The van der Waals surface area contributed by atoms with Crippen LogP contribution in [0.4, 0.5) is 5.69 Å². The van der Waals surface area contributed by atoms with Crippen molar-refractivity contribution in [1.82, 2.24) is 20.5 Å². The predicted molar refractivity (Wildman–Crippen MR) is 76.1 cm³/mol. The number of aromatic nitrogens is 3. The van der Waals surface area contributed by atoms with E-state index in [2.05, 4.69) is 37.9 Å². The van der Waals surface area contributed by atoms with Gasteiger partial charge in [-0.25, -0.2) is 4.98 Å². The maximum Gasteiger partial charge on any atom is 0.183 e. The zero-order valence-corrected chi connectivity index (χ0v) is 11.1. The second-order valence-electron chi connectivity index (χ2n) is 4.98. The minimum atomic E-state index is 0.481. The molecule has 100 valence electrons. The molecule has 0 saturated carbocycles. The van der Waals surface area contributed by atoms with Gasteiger partial charge in [0, 0.05) is 23.8 Å². The topological polar surface area (TPSA) is 65.6 Å². The Labute approximate surface area is 112 Å². The van der Waals surface area contributed by atoms with Crippen molar-refractivity contribution in [2.24, 2.45) is 0 Å². The van der Waals surface area contributed by atoms with Crippen LogP contribution >= 0.6 is 0 Å². The first kappa shape index (κ1) is 12.2. The number of H-pyrrole nitrogens is 1. The molecule has 1 aliphatic rings. The standard InChI is InChI=1S/C14H19N5/c1-10-16-14(19-18-10)12-6-2-3-7-13(12)17-11-5-4-8-15-9-11/h2-3,6-7,11,15,17H,4-5,8-9H2,1H3,(H,16,18,19). The fourth-order valence-electron chi connectivity index (χ4n) is 2.46. The maximum atomic E-state index is 4.41. The van der Waals surface area contributed by atoms with Crippen molar-refractivity contribution < 1.29 is 0 Å². The third kappa shape index (κ3) is 2.76. The third-order valence-electron chi connectivity index (χ3n) is 3.42. The molecule has 1 aromatic carbocycles. The van der Waals surface area contributed by atoms with Crippen molar-refractivity contribution >= 4 is 5.69 Å². The van der Waals surface area contributed by atoms with Gasteiger partial charge < -0.3 is 10.6 Å². The average Bonchev–Trinajstić information content (AvgIpc) is 2.87. The highest BCUT2D eigenvalue weighted by Gasteiger charge is 2.15. The van der Waals surface area contributed by atoms with Crippen molar-refractivity contribution in [3.63, 3.8) is 0 Å². The SMILES string of the molecule is Cc1nc(-c2ccccc2NC2CCCNC2)n[nH]1. The second kappa shape index (κ2) is 5.40. The van der Waals surface area contributed by atoms with Gasteiger partial charge in [0.15, 0.2) is 5.82 Å². The molecule has 0 radical (unpaired) electrons. The van der Waals surface area contributed by atoms with E-state index in [-0.39, 0.29) is 0 Å². The number of nitrogens with one attached hydrogen (secondary N) is 3. The highest BCUT2D eigenvalue weighted by atomic mass is 15.2. The molecular formula is C14H19N5. The first-order chi connectivity index (χ1) is 9.33. The molecule has 0 spiro atoms. The molecule has 5 nitrogen and oxygen atoms in total. The Morgan fingerprint density at radius 1 is 1.32 bits per heavy atom. The number of piperidine rings is 1. The van der Waals surface area contributed by atoms with Gasteiger partial charge in [0.2, 0.25) is 0 Å². The van der Waals surface area contributed by atoms with E-state index in [4.69, 9.17) is 0 Å². The van der Waals surface area contributed by atoms with Crippen LogP contribution in [0.2, 0.25) is 0 Å². The van der Waals surface area contributed by atoms with Crippen LogP contribution in [-0.2, 0) is 0 Å². The van der Waals surface area contributed by atoms with Gasteiger partial charge in [-0.2, -0.15) is 5.10 Å². The van der Waals surface area contributed by atoms with Crippen LogP contribution in [0.5, 0.6) is 0 Å². The lowest BCUT2D eigenvalue weighted by molar-refractivity contribution is 0.480. The molecule has 0 aliphatic carbocycles. The molecule has 3 N–H and O–H groups in total. The third-order valence-corrected chi connectivity index (χ3v) is 3.42. The molecule has 2 aromatic rings. The van der Waals surface area contributed by atoms with Crippen LogP contribution in [0, 0.1) is 6.92 Å². The van der Waals surface area contributed by atoms with Gasteiger partial charge in [-0.15, -0.1) is 0 Å². The van der Waals surface area contributed by atoms with Crippen LogP contribution in [-0.4, -0.2) is 34.3 Å².